The average molecular weight is 327 g/mol. The van der Waals surface area contributed by atoms with E-state index in [1.807, 2.05) is 6.07 Å². The largest absolute Gasteiger partial charge is 0.481 e. The van der Waals surface area contributed by atoms with Gasteiger partial charge in [0.2, 0.25) is 5.88 Å². The van der Waals surface area contributed by atoms with E-state index in [1.165, 1.54) is 37.9 Å². The van der Waals surface area contributed by atoms with Crippen LogP contribution < -0.4 is 9.47 Å². The van der Waals surface area contributed by atoms with Crippen LogP contribution in [0.1, 0.15) is 37.8 Å². The predicted octanol–water partition coefficient (Wildman–Crippen LogP) is 3.71. The fourth-order valence-corrected chi connectivity index (χ4v) is 3.20. The second-order valence-corrected chi connectivity index (χ2v) is 6.18. The molecule has 0 N–H and O–H groups in total. The summed E-state index contributed by atoms with van der Waals surface area (Å²) in [6.07, 6.45) is 3.98. The van der Waals surface area contributed by atoms with Crippen molar-refractivity contribution in [1.82, 2.24) is 14.9 Å². The molecule has 1 aliphatic rings. The number of ether oxygens (including phenoxy) is 2. The number of nitrogens with zero attached hydrogens (tertiary/aromatic N) is 3. The van der Waals surface area contributed by atoms with Crippen molar-refractivity contribution in [2.75, 3.05) is 27.3 Å². The fraction of sp³-hybridized carbons (Fsp3) is 0.474. The molecule has 2 heterocycles. The van der Waals surface area contributed by atoms with Crippen molar-refractivity contribution in [3.05, 3.63) is 35.9 Å². The molecule has 3 rings (SSSR count). The zero-order valence-electron chi connectivity index (χ0n) is 14.7. The van der Waals surface area contributed by atoms with E-state index in [-0.39, 0.29) is 0 Å². The lowest BCUT2D eigenvalue weighted by atomic mass is 10.0. The third-order valence-electron chi connectivity index (χ3n) is 4.70. The molecule has 0 saturated carbocycles. The van der Waals surface area contributed by atoms with Gasteiger partial charge in [0.15, 0.2) is 0 Å². The van der Waals surface area contributed by atoms with E-state index in [0.29, 0.717) is 17.9 Å². The summed E-state index contributed by atoms with van der Waals surface area (Å²) in [4.78, 5) is 11.1. The molecule has 1 fully saturated rings. The van der Waals surface area contributed by atoms with Gasteiger partial charge in [0.1, 0.15) is 0 Å². The van der Waals surface area contributed by atoms with E-state index in [2.05, 4.69) is 46.1 Å². The zero-order valence-corrected chi connectivity index (χ0v) is 14.7. The van der Waals surface area contributed by atoms with Gasteiger partial charge in [0, 0.05) is 17.7 Å². The minimum Gasteiger partial charge on any atom is -0.481 e. The number of methoxy groups -OCH3 is 2. The molecule has 128 valence electrons. The van der Waals surface area contributed by atoms with Crippen LogP contribution in [0.2, 0.25) is 0 Å². The average Bonchev–Trinajstić information content (AvgIpc) is 2.67. The minimum absolute atomic E-state index is 0.315. The van der Waals surface area contributed by atoms with E-state index in [0.717, 1.165) is 11.3 Å². The van der Waals surface area contributed by atoms with Crippen molar-refractivity contribution in [3.63, 3.8) is 0 Å². The molecule has 0 radical (unpaired) electrons. The highest BCUT2D eigenvalue weighted by Crippen LogP contribution is 2.28. The summed E-state index contributed by atoms with van der Waals surface area (Å²) in [6.45, 7) is 4.68. The van der Waals surface area contributed by atoms with E-state index in [9.17, 15) is 0 Å². The molecule has 1 aliphatic heterocycles. The van der Waals surface area contributed by atoms with Crippen molar-refractivity contribution in [2.45, 2.75) is 32.2 Å². The van der Waals surface area contributed by atoms with Crippen LogP contribution >= 0.6 is 0 Å². The number of hydrogen-bond donors (Lipinski definition) is 0. The van der Waals surface area contributed by atoms with Crippen molar-refractivity contribution in [3.8, 4) is 23.1 Å². The Kier molecular flexibility index (Phi) is 5.30. The third-order valence-corrected chi connectivity index (χ3v) is 4.70. The number of likely N-dealkylation sites (tertiary alicyclic amines) is 1. The number of piperidine rings is 1. The Morgan fingerprint density at radius 2 is 1.67 bits per heavy atom. The maximum absolute atomic E-state index is 5.22. The highest BCUT2D eigenvalue weighted by Gasteiger charge is 2.18. The Hall–Kier alpha value is -2.14. The van der Waals surface area contributed by atoms with Crippen molar-refractivity contribution < 1.29 is 9.47 Å². The van der Waals surface area contributed by atoms with Gasteiger partial charge in [-0.25, -0.2) is 0 Å². The minimum atomic E-state index is 0.315. The summed E-state index contributed by atoms with van der Waals surface area (Å²) in [5.41, 5.74) is 3.17. The molecule has 0 bridgehead atoms. The maximum atomic E-state index is 5.22. The lowest BCUT2D eigenvalue weighted by Gasteiger charge is -2.32. The number of aromatic nitrogens is 2. The second-order valence-electron chi connectivity index (χ2n) is 6.18. The smallest absolute Gasteiger partial charge is 0.320 e. The summed E-state index contributed by atoms with van der Waals surface area (Å²) >= 11 is 0. The first kappa shape index (κ1) is 16.7. The van der Waals surface area contributed by atoms with Crippen LogP contribution in [0, 0.1) is 0 Å². The Balaban J connectivity index is 1.81. The molecule has 0 aliphatic carbocycles. The molecule has 5 nitrogen and oxygen atoms in total. The van der Waals surface area contributed by atoms with Gasteiger partial charge < -0.3 is 9.47 Å². The van der Waals surface area contributed by atoms with Crippen LogP contribution in [-0.2, 0) is 0 Å². The summed E-state index contributed by atoms with van der Waals surface area (Å²) < 4.78 is 10.4. The van der Waals surface area contributed by atoms with Gasteiger partial charge in [0.25, 0.3) is 0 Å². The molecule has 1 aromatic carbocycles. The summed E-state index contributed by atoms with van der Waals surface area (Å²) in [7, 11) is 3.15. The second kappa shape index (κ2) is 7.62. The van der Waals surface area contributed by atoms with Gasteiger partial charge in [-0.05, 0) is 38.4 Å². The van der Waals surface area contributed by atoms with Crippen LogP contribution in [0.15, 0.2) is 30.3 Å². The molecular weight excluding hydrogens is 302 g/mol. The molecular formula is C19H25N3O2. The first-order valence-electron chi connectivity index (χ1n) is 8.52. The van der Waals surface area contributed by atoms with E-state index in [1.54, 1.807) is 14.2 Å². The quantitative estimate of drug-likeness (QED) is 0.838. The van der Waals surface area contributed by atoms with Crippen molar-refractivity contribution in [2.24, 2.45) is 0 Å². The molecule has 1 saturated heterocycles. The molecule has 1 aromatic heterocycles. The molecule has 0 spiro atoms. The predicted molar refractivity (Wildman–Crippen MR) is 94.4 cm³/mol. The normalized spacial score (nSPS) is 16.6. The summed E-state index contributed by atoms with van der Waals surface area (Å²) in [6, 6.07) is 11.2. The van der Waals surface area contributed by atoms with Crippen LogP contribution in [0.25, 0.3) is 11.3 Å². The summed E-state index contributed by atoms with van der Waals surface area (Å²) in [5.74, 6) is 0.502. The zero-order chi connectivity index (χ0) is 16.9. The number of hydrogen-bond acceptors (Lipinski definition) is 5. The maximum Gasteiger partial charge on any atom is 0.320 e. The molecule has 0 amide bonds. The topological polar surface area (TPSA) is 47.5 Å². The highest BCUT2D eigenvalue weighted by molar-refractivity contribution is 5.61. The summed E-state index contributed by atoms with van der Waals surface area (Å²) in [5, 5.41) is 0. The van der Waals surface area contributed by atoms with Gasteiger partial charge in [-0.1, -0.05) is 30.7 Å². The van der Waals surface area contributed by atoms with Gasteiger partial charge in [-0.3, -0.25) is 4.90 Å². The van der Waals surface area contributed by atoms with Crippen LogP contribution in [0.4, 0.5) is 0 Å². The Morgan fingerprint density at radius 3 is 2.29 bits per heavy atom. The van der Waals surface area contributed by atoms with Gasteiger partial charge in [0.05, 0.1) is 19.9 Å². The lowest BCUT2D eigenvalue weighted by molar-refractivity contribution is 0.175. The van der Waals surface area contributed by atoms with Crippen LogP contribution in [0.5, 0.6) is 11.9 Å². The molecule has 5 heteroatoms. The van der Waals surface area contributed by atoms with Crippen molar-refractivity contribution in [1.29, 1.82) is 0 Å². The molecule has 2 aromatic rings. The SMILES string of the molecule is COc1cc(-c2ccc(C(C)N3CCCCC3)cc2)nc(OC)n1. The van der Waals surface area contributed by atoms with E-state index < -0.39 is 0 Å². The Bertz CT molecular complexity index is 645. The molecule has 1 unspecified atom stereocenters. The standard InChI is InChI=1S/C19H25N3O2/c1-14(22-11-5-4-6-12-22)15-7-9-16(10-8-15)17-13-18(23-2)21-19(20-17)24-3/h7-10,13-14H,4-6,11-12H2,1-3H3. The van der Waals surface area contributed by atoms with Crippen molar-refractivity contribution >= 4 is 0 Å². The van der Waals surface area contributed by atoms with Gasteiger partial charge >= 0.3 is 6.01 Å². The first-order valence-corrected chi connectivity index (χ1v) is 8.52. The lowest BCUT2D eigenvalue weighted by Crippen LogP contribution is -2.32. The highest BCUT2D eigenvalue weighted by atomic mass is 16.5. The molecule has 24 heavy (non-hydrogen) atoms. The van der Waals surface area contributed by atoms with Crippen LogP contribution in [0.3, 0.4) is 0 Å². The number of benzene rings is 1. The third kappa shape index (κ3) is 3.67. The fourth-order valence-electron chi connectivity index (χ4n) is 3.20. The van der Waals surface area contributed by atoms with Gasteiger partial charge in [-0.15, -0.1) is 0 Å². The van der Waals surface area contributed by atoms with Gasteiger partial charge in [-0.2, -0.15) is 9.97 Å². The van der Waals surface area contributed by atoms with E-state index >= 15 is 0 Å². The number of rotatable bonds is 5. The Labute approximate surface area is 143 Å². The van der Waals surface area contributed by atoms with E-state index in [4.69, 9.17) is 9.47 Å². The van der Waals surface area contributed by atoms with Crippen LogP contribution in [-0.4, -0.2) is 42.2 Å². The monoisotopic (exact) mass is 327 g/mol. The first-order chi connectivity index (χ1) is 11.7. The molecule has 1 atom stereocenters. The Morgan fingerprint density at radius 1 is 0.958 bits per heavy atom.